The number of halogens is 2. The predicted octanol–water partition coefficient (Wildman–Crippen LogP) is 2.77. The van der Waals surface area contributed by atoms with E-state index in [9.17, 15) is 23.5 Å². The number of alkyl halides is 2. The predicted molar refractivity (Wildman–Crippen MR) is 82.3 cm³/mol. The Labute approximate surface area is 133 Å². The first kappa shape index (κ1) is 17.3. The van der Waals surface area contributed by atoms with E-state index >= 15 is 0 Å². The summed E-state index contributed by atoms with van der Waals surface area (Å²) in [6.45, 7) is 3.45. The van der Waals surface area contributed by atoms with Crippen LogP contribution in [0.5, 0.6) is 0 Å². The molecule has 0 radical (unpaired) electrons. The molecular formula is C16H20F2N2O3. The third kappa shape index (κ3) is 3.50. The van der Waals surface area contributed by atoms with Crippen molar-refractivity contribution in [2.45, 2.75) is 44.6 Å². The molecule has 0 atom stereocenters. The van der Waals surface area contributed by atoms with Gasteiger partial charge in [0.2, 0.25) is 5.91 Å². The molecule has 0 unspecified atom stereocenters. The summed E-state index contributed by atoms with van der Waals surface area (Å²) in [5.41, 5.74) is -1.74. The summed E-state index contributed by atoms with van der Waals surface area (Å²) in [7, 11) is 0. The minimum atomic E-state index is -3.86. The van der Waals surface area contributed by atoms with Gasteiger partial charge in [-0.25, -0.2) is 0 Å². The first-order valence-electron chi connectivity index (χ1n) is 7.48. The van der Waals surface area contributed by atoms with E-state index in [0.717, 1.165) is 0 Å². The number of carbonyl (C=O) groups excluding carboxylic acids is 2. The van der Waals surface area contributed by atoms with Crippen LogP contribution in [0.3, 0.4) is 0 Å². The Morgan fingerprint density at radius 1 is 1.22 bits per heavy atom. The number of benzene rings is 1. The molecular weight excluding hydrogens is 306 g/mol. The van der Waals surface area contributed by atoms with E-state index in [1.165, 1.54) is 18.2 Å². The third-order valence-electron chi connectivity index (χ3n) is 3.96. The minimum Gasteiger partial charge on any atom is -0.383 e. The quantitative estimate of drug-likeness (QED) is 0.778. The van der Waals surface area contributed by atoms with Gasteiger partial charge in [0.25, 0.3) is 5.91 Å². The topological polar surface area (TPSA) is 78.4 Å². The van der Waals surface area contributed by atoms with Crippen LogP contribution in [0.15, 0.2) is 24.3 Å². The molecule has 7 heteroatoms. The average Bonchev–Trinajstić information content (AvgIpc) is 2.44. The normalized spacial score (nSPS) is 16.6. The molecule has 3 N–H and O–H groups in total. The van der Waals surface area contributed by atoms with E-state index in [0.29, 0.717) is 12.1 Å². The zero-order valence-electron chi connectivity index (χ0n) is 13.0. The van der Waals surface area contributed by atoms with E-state index < -0.39 is 17.4 Å². The van der Waals surface area contributed by atoms with Crippen LogP contribution in [0.25, 0.3) is 0 Å². The van der Waals surface area contributed by atoms with E-state index in [1.807, 2.05) is 0 Å². The highest BCUT2D eigenvalue weighted by molar-refractivity contribution is 5.98. The molecule has 5 nitrogen and oxygen atoms in total. The largest absolute Gasteiger partial charge is 0.383 e. The molecule has 0 spiro atoms. The van der Waals surface area contributed by atoms with Crippen molar-refractivity contribution in [1.29, 1.82) is 0 Å². The van der Waals surface area contributed by atoms with Gasteiger partial charge in [-0.1, -0.05) is 19.9 Å². The highest BCUT2D eigenvalue weighted by Crippen LogP contribution is 2.44. The maximum atomic E-state index is 14.0. The molecule has 1 aliphatic rings. The summed E-state index contributed by atoms with van der Waals surface area (Å²) < 4.78 is 28.0. The van der Waals surface area contributed by atoms with Crippen LogP contribution in [0.2, 0.25) is 0 Å². The van der Waals surface area contributed by atoms with E-state index in [2.05, 4.69) is 10.6 Å². The lowest BCUT2D eigenvalue weighted by molar-refractivity contribution is -0.212. The number of aliphatic hydroxyl groups is 1. The van der Waals surface area contributed by atoms with Crippen LogP contribution >= 0.6 is 0 Å². The second kappa shape index (κ2) is 6.23. The minimum absolute atomic E-state index is 0.0993. The van der Waals surface area contributed by atoms with Gasteiger partial charge in [-0.3, -0.25) is 9.59 Å². The Morgan fingerprint density at radius 2 is 1.78 bits per heavy atom. The van der Waals surface area contributed by atoms with Gasteiger partial charge in [0.05, 0.1) is 0 Å². The molecule has 1 aliphatic carbocycles. The van der Waals surface area contributed by atoms with Crippen LogP contribution in [-0.2, 0) is 9.59 Å². The average molecular weight is 326 g/mol. The fraction of sp³-hybridized carbons (Fsp3) is 0.500. The molecule has 0 bridgehead atoms. The molecule has 0 saturated heterocycles. The lowest BCUT2D eigenvalue weighted by Crippen LogP contribution is -2.59. The summed E-state index contributed by atoms with van der Waals surface area (Å²) in [5.74, 6) is -5.86. The SMILES string of the molecule is CC(C)C(=O)Nc1cccc(NC(=O)C(F)(F)C2(O)CCC2)c1. The van der Waals surface area contributed by atoms with Crippen molar-refractivity contribution in [3.05, 3.63) is 24.3 Å². The Kier molecular flexibility index (Phi) is 4.70. The molecule has 2 rings (SSSR count). The van der Waals surface area contributed by atoms with Gasteiger partial charge in [0.15, 0.2) is 0 Å². The summed E-state index contributed by atoms with van der Waals surface area (Å²) in [6.07, 6.45) is 0.270. The maximum Gasteiger partial charge on any atom is 0.352 e. The van der Waals surface area contributed by atoms with Gasteiger partial charge in [-0.05, 0) is 37.5 Å². The number of amides is 2. The molecule has 126 valence electrons. The van der Waals surface area contributed by atoms with Gasteiger partial charge < -0.3 is 15.7 Å². The first-order valence-corrected chi connectivity index (χ1v) is 7.48. The molecule has 2 amide bonds. The lowest BCUT2D eigenvalue weighted by Gasteiger charge is -2.41. The monoisotopic (exact) mass is 326 g/mol. The zero-order valence-corrected chi connectivity index (χ0v) is 13.0. The summed E-state index contributed by atoms with van der Waals surface area (Å²) in [5, 5.41) is 14.5. The van der Waals surface area contributed by atoms with Crippen molar-refractivity contribution in [2.24, 2.45) is 5.92 Å². The second-order valence-electron chi connectivity index (χ2n) is 6.14. The Hall–Kier alpha value is -2.02. The molecule has 1 fully saturated rings. The summed E-state index contributed by atoms with van der Waals surface area (Å²) >= 11 is 0. The summed E-state index contributed by atoms with van der Waals surface area (Å²) in [6, 6.07) is 5.94. The van der Waals surface area contributed by atoms with Crippen molar-refractivity contribution in [2.75, 3.05) is 10.6 Å². The number of rotatable bonds is 5. The molecule has 0 aliphatic heterocycles. The van der Waals surface area contributed by atoms with Crippen molar-refractivity contribution in [1.82, 2.24) is 0 Å². The van der Waals surface area contributed by atoms with Gasteiger partial charge in [0.1, 0.15) is 5.60 Å². The Morgan fingerprint density at radius 3 is 2.26 bits per heavy atom. The molecule has 0 heterocycles. The molecule has 1 aromatic rings. The molecule has 1 aromatic carbocycles. The number of hydrogen-bond donors (Lipinski definition) is 3. The van der Waals surface area contributed by atoms with Crippen LogP contribution in [0.1, 0.15) is 33.1 Å². The van der Waals surface area contributed by atoms with Crippen LogP contribution in [0.4, 0.5) is 20.2 Å². The standard InChI is InChI=1S/C16H20F2N2O3/c1-10(2)13(21)19-11-5-3-6-12(9-11)20-14(22)16(17,18)15(23)7-4-8-15/h3,5-6,9-10,23H,4,7-8H2,1-2H3,(H,19,21)(H,20,22). The van der Waals surface area contributed by atoms with E-state index in [1.54, 1.807) is 19.9 Å². The summed E-state index contributed by atoms with van der Waals surface area (Å²) in [4.78, 5) is 23.4. The molecule has 1 saturated carbocycles. The fourth-order valence-electron chi connectivity index (χ4n) is 2.21. The number of anilines is 2. The zero-order chi connectivity index (χ0) is 17.3. The fourth-order valence-corrected chi connectivity index (χ4v) is 2.21. The van der Waals surface area contributed by atoms with Gasteiger partial charge in [0, 0.05) is 17.3 Å². The highest BCUT2D eigenvalue weighted by atomic mass is 19.3. The third-order valence-corrected chi connectivity index (χ3v) is 3.96. The first-order chi connectivity index (χ1) is 10.7. The number of carbonyl (C=O) groups is 2. The molecule has 23 heavy (non-hydrogen) atoms. The van der Waals surface area contributed by atoms with Crippen molar-refractivity contribution in [3.63, 3.8) is 0 Å². The van der Waals surface area contributed by atoms with Crippen LogP contribution in [0, 0.1) is 5.92 Å². The lowest BCUT2D eigenvalue weighted by atomic mass is 9.75. The van der Waals surface area contributed by atoms with E-state index in [4.69, 9.17) is 0 Å². The smallest absolute Gasteiger partial charge is 0.352 e. The Bertz CT molecular complexity index is 613. The number of nitrogens with one attached hydrogen (secondary N) is 2. The highest BCUT2D eigenvalue weighted by Gasteiger charge is 2.61. The van der Waals surface area contributed by atoms with Gasteiger partial charge in [-0.2, -0.15) is 8.78 Å². The van der Waals surface area contributed by atoms with Gasteiger partial charge in [-0.15, -0.1) is 0 Å². The van der Waals surface area contributed by atoms with Crippen molar-refractivity contribution < 1.29 is 23.5 Å². The Balaban J connectivity index is 2.08. The second-order valence-corrected chi connectivity index (χ2v) is 6.14. The van der Waals surface area contributed by atoms with Crippen molar-refractivity contribution in [3.8, 4) is 0 Å². The van der Waals surface area contributed by atoms with E-state index in [-0.39, 0.29) is 30.4 Å². The number of hydrogen-bond acceptors (Lipinski definition) is 3. The molecule has 0 aromatic heterocycles. The van der Waals surface area contributed by atoms with Gasteiger partial charge >= 0.3 is 5.92 Å². The maximum absolute atomic E-state index is 14.0. The van der Waals surface area contributed by atoms with Crippen molar-refractivity contribution >= 4 is 23.2 Å². The van der Waals surface area contributed by atoms with Crippen LogP contribution in [-0.4, -0.2) is 28.4 Å². The van der Waals surface area contributed by atoms with Crippen LogP contribution < -0.4 is 10.6 Å².